The van der Waals surface area contributed by atoms with E-state index in [2.05, 4.69) is 5.32 Å². The molecule has 0 saturated carbocycles. The van der Waals surface area contributed by atoms with Crippen molar-refractivity contribution < 1.29 is 17.9 Å². The molecule has 0 aromatic heterocycles. The normalized spacial score (nSPS) is 23.6. The van der Waals surface area contributed by atoms with Crippen molar-refractivity contribution in [3.63, 3.8) is 0 Å². The molecule has 1 heterocycles. The maximum absolute atomic E-state index is 11.9. The second-order valence-corrected chi connectivity index (χ2v) is 6.33. The summed E-state index contributed by atoms with van der Waals surface area (Å²) in [5.74, 6) is -0.238. The van der Waals surface area contributed by atoms with Crippen LogP contribution in [0.4, 0.5) is 0 Å². The lowest BCUT2D eigenvalue weighted by atomic mass is 10.2. The highest BCUT2D eigenvalue weighted by Gasteiger charge is 2.36. The Labute approximate surface area is 102 Å². The van der Waals surface area contributed by atoms with E-state index in [1.807, 2.05) is 6.92 Å². The van der Waals surface area contributed by atoms with Gasteiger partial charge in [0.25, 0.3) is 0 Å². The van der Waals surface area contributed by atoms with Gasteiger partial charge >= 0.3 is 0 Å². The summed E-state index contributed by atoms with van der Waals surface area (Å²) in [4.78, 5) is 11.9. The van der Waals surface area contributed by atoms with Gasteiger partial charge in [-0.3, -0.25) is 4.79 Å². The predicted molar refractivity (Wildman–Crippen MR) is 64.1 cm³/mol. The Bertz CT molecular complexity index is 369. The summed E-state index contributed by atoms with van der Waals surface area (Å²) in [6.07, 6.45) is 2.44. The smallest absolute Gasteiger partial charge is 0.238 e. The minimum Gasteiger partial charge on any atom is -0.383 e. The number of methoxy groups -OCH3 is 1. The monoisotopic (exact) mass is 264 g/mol. The van der Waals surface area contributed by atoms with Crippen LogP contribution in [-0.4, -0.2) is 57.2 Å². The summed E-state index contributed by atoms with van der Waals surface area (Å²) >= 11 is 0. The zero-order chi connectivity index (χ0) is 13.1. The number of hydrogen-bond acceptors (Lipinski definition) is 4. The first-order valence-corrected chi connectivity index (χ1v) is 7.47. The van der Waals surface area contributed by atoms with Crippen molar-refractivity contribution in [2.24, 2.45) is 0 Å². The molecule has 1 N–H and O–H groups in total. The van der Waals surface area contributed by atoms with Crippen LogP contribution in [0.15, 0.2) is 0 Å². The second kappa shape index (κ2) is 5.79. The van der Waals surface area contributed by atoms with Crippen LogP contribution in [-0.2, 0) is 19.6 Å². The third-order valence-corrected chi connectivity index (χ3v) is 4.03. The highest BCUT2D eigenvalue weighted by atomic mass is 32.2. The van der Waals surface area contributed by atoms with Gasteiger partial charge in [-0.25, -0.2) is 8.42 Å². The van der Waals surface area contributed by atoms with Crippen molar-refractivity contribution in [2.45, 2.75) is 31.8 Å². The van der Waals surface area contributed by atoms with Crippen LogP contribution in [0.2, 0.25) is 0 Å². The van der Waals surface area contributed by atoms with Gasteiger partial charge in [0.2, 0.25) is 15.9 Å². The molecule has 2 unspecified atom stereocenters. The molecule has 2 atom stereocenters. The van der Waals surface area contributed by atoms with Crippen LogP contribution in [0.25, 0.3) is 0 Å². The Morgan fingerprint density at radius 2 is 2.24 bits per heavy atom. The largest absolute Gasteiger partial charge is 0.383 e. The molecule has 1 fully saturated rings. The molecular weight excluding hydrogens is 244 g/mol. The van der Waals surface area contributed by atoms with Crippen molar-refractivity contribution in [3.8, 4) is 0 Å². The molecule has 0 aromatic rings. The summed E-state index contributed by atoms with van der Waals surface area (Å²) in [6.45, 7) is 2.66. The molecule has 0 radical (unpaired) electrons. The fourth-order valence-corrected chi connectivity index (χ4v) is 3.15. The molecule has 100 valence electrons. The summed E-state index contributed by atoms with van der Waals surface area (Å²) in [7, 11) is -1.75. The average molecular weight is 264 g/mol. The number of sulfonamides is 1. The number of rotatable bonds is 5. The molecule has 1 amide bonds. The maximum atomic E-state index is 11.9. The molecule has 1 aliphatic rings. The molecule has 1 saturated heterocycles. The molecule has 6 nitrogen and oxygen atoms in total. The number of carbonyl (C=O) groups excluding carboxylic acids is 1. The molecular formula is C10H20N2O4S. The Morgan fingerprint density at radius 3 is 2.76 bits per heavy atom. The minimum absolute atomic E-state index is 0.116. The van der Waals surface area contributed by atoms with Crippen molar-refractivity contribution in [1.29, 1.82) is 0 Å². The number of nitrogens with one attached hydrogen (secondary N) is 1. The molecule has 0 aliphatic carbocycles. The summed E-state index contributed by atoms with van der Waals surface area (Å²) < 4.78 is 29.1. The second-order valence-electron chi connectivity index (χ2n) is 4.40. The molecule has 1 rings (SSSR count). The lowest BCUT2D eigenvalue weighted by Crippen LogP contribution is -2.48. The van der Waals surface area contributed by atoms with E-state index in [0.717, 1.165) is 12.7 Å². The van der Waals surface area contributed by atoms with Gasteiger partial charge in [-0.2, -0.15) is 4.31 Å². The van der Waals surface area contributed by atoms with E-state index in [4.69, 9.17) is 4.74 Å². The first kappa shape index (κ1) is 14.4. The number of hydrogen-bond donors (Lipinski definition) is 1. The van der Waals surface area contributed by atoms with Crippen molar-refractivity contribution in [3.05, 3.63) is 0 Å². The first-order chi connectivity index (χ1) is 7.86. The highest BCUT2D eigenvalue weighted by molar-refractivity contribution is 7.88. The van der Waals surface area contributed by atoms with Crippen LogP contribution in [0.5, 0.6) is 0 Å². The van der Waals surface area contributed by atoms with Crippen LogP contribution >= 0.6 is 0 Å². The standard InChI is InChI=1S/C10H20N2O4S/c1-8(7-16-2)11-10(13)9-5-4-6-12(9)17(3,14)15/h8-9H,4-7H2,1-3H3,(H,11,13). The molecule has 7 heteroatoms. The van der Waals surface area contributed by atoms with Gasteiger partial charge in [0, 0.05) is 19.7 Å². The van der Waals surface area contributed by atoms with Crippen molar-refractivity contribution in [1.82, 2.24) is 9.62 Å². The number of ether oxygens (including phenoxy) is 1. The van der Waals surface area contributed by atoms with Crippen molar-refractivity contribution >= 4 is 15.9 Å². The van der Waals surface area contributed by atoms with E-state index < -0.39 is 16.1 Å². The van der Waals surface area contributed by atoms with E-state index in [9.17, 15) is 13.2 Å². The molecule has 1 aliphatic heterocycles. The SMILES string of the molecule is COCC(C)NC(=O)C1CCCN1S(C)(=O)=O. The fraction of sp³-hybridized carbons (Fsp3) is 0.900. The van der Waals surface area contributed by atoms with Gasteiger partial charge in [-0.15, -0.1) is 0 Å². The average Bonchev–Trinajstić information content (AvgIpc) is 2.65. The summed E-state index contributed by atoms with van der Waals surface area (Å²) in [5, 5.41) is 2.75. The highest BCUT2D eigenvalue weighted by Crippen LogP contribution is 2.20. The third kappa shape index (κ3) is 3.93. The van der Waals surface area contributed by atoms with E-state index in [0.29, 0.717) is 19.6 Å². The van der Waals surface area contributed by atoms with Gasteiger partial charge in [-0.1, -0.05) is 0 Å². The van der Waals surface area contributed by atoms with Crippen LogP contribution < -0.4 is 5.32 Å². The Balaban J connectivity index is 2.63. The molecule has 0 aromatic carbocycles. The fourth-order valence-electron chi connectivity index (χ4n) is 2.03. The number of carbonyl (C=O) groups is 1. The van der Waals surface area contributed by atoms with Gasteiger partial charge in [0.1, 0.15) is 6.04 Å². The first-order valence-electron chi connectivity index (χ1n) is 5.62. The maximum Gasteiger partial charge on any atom is 0.238 e. The topological polar surface area (TPSA) is 75.7 Å². The van der Waals surface area contributed by atoms with E-state index in [1.165, 1.54) is 4.31 Å². The molecule has 17 heavy (non-hydrogen) atoms. The van der Waals surface area contributed by atoms with Gasteiger partial charge < -0.3 is 10.1 Å². The molecule has 0 bridgehead atoms. The van der Waals surface area contributed by atoms with Gasteiger partial charge in [0.05, 0.1) is 12.9 Å². The lowest BCUT2D eigenvalue weighted by molar-refractivity contribution is -0.125. The zero-order valence-electron chi connectivity index (χ0n) is 10.5. The van der Waals surface area contributed by atoms with E-state index >= 15 is 0 Å². The van der Waals surface area contributed by atoms with E-state index in [-0.39, 0.29) is 11.9 Å². The Morgan fingerprint density at radius 1 is 1.59 bits per heavy atom. The van der Waals surface area contributed by atoms with Crippen LogP contribution in [0.1, 0.15) is 19.8 Å². The predicted octanol–water partition coefficient (Wildman–Crippen LogP) is -0.438. The Kier molecular flexibility index (Phi) is 4.91. The molecule has 0 spiro atoms. The van der Waals surface area contributed by atoms with E-state index in [1.54, 1.807) is 7.11 Å². The summed E-state index contributed by atoms with van der Waals surface area (Å²) in [6, 6.07) is -0.682. The van der Waals surface area contributed by atoms with Gasteiger partial charge in [-0.05, 0) is 19.8 Å². The lowest BCUT2D eigenvalue weighted by Gasteiger charge is -2.23. The van der Waals surface area contributed by atoms with Crippen molar-refractivity contribution in [2.75, 3.05) is 26.5 Å². The Hall–Kier alpha value is -0.660. The third-order valence-electron chi connectivity index (χ3n) is 2.74. The quantitative estimate of drug-likeness (QED) is 0.730. The minimum atomic E-state index is -3.30. The number of nitrogens with zero attached hydrogens (tertiary/aromatic N) is 1. The number of amides is 1. The zero-order valence-corrected chi connectivity index (χ0v) is 11.3. The van der Waals surface area contributed by atoms with Crippen LogP contribution in [0.3, 0.4) is 0 Å². The summed E-state index contributed by atoms with van der Waals surface area (Å²) in [5.41, 5.74) is 0. The van der Waals surface area contributed by atoms with Gasteiger partial charge in [0.15, 0.2) is 0 Å². The van der Waals surface area contributed by atoms with Crippen LogP contribution in [0, 0.1) is 0 Å².